The molecule has 0 nitrogen and oxygen atoms in total. The smallest absolute Gasteiger partial charge is 0.00108 e. The summed E-state index contributed by atoms with van der Waals surface area (Å²) < 4.78 is 0. The molecule has 0 atom stereocenters. The fourth-order valence-electron chi connectivity index (χ4n) is 3.09. The van der Waals surface area contributed by atoms with E-state index in [1.807, 2.05) is 0 Å². The minimum Gasteiger partial charge on any atom is -0.0587 e. The van der Waals surface area contributed by atoms with E-state index >= 15 is 0 Å². The molecule has 0 amide bonds. The second-order valence-corrected chi connectivity index (χ2v) is 5.69. The van der Waals surface area contributed by atoms with Crippen molar-refractivity contribution in [2.24, 2.45) is 0 Å². The zero-order chi connectivity index (χ0) is 13.6. The first-order valence-electron chi connectivity index (χ1n) is 6.94. The van der Waals surface area contributed by atoms with Crippen LogP contribution in [0.25, 0.3) is 11.1 Å². The molecule has 0 unspecified atom stereocenters. The molecule has 0 aromatic heterocycles. The Morgan fingerprint density at radius 2 is 1.47 bits per heavy atom. The topological polar surface area (TPSA) is 0 Å². The van der Waals surface area contributed by atoms with Crippen LogP contribution in [0, 0.1) is 20.8 Å². The van der Waals surface area contributed by atoms with Gasteiger partial charge in [0.15, 0.2) is 0 Å². The summed E-state index contributed by atoms with van der Waals surface area (Å²) in [5, 5.41) is 0. The van der Waals surface area contributed by atoms with Gasteiger partial charge in [0.05, 0.1) is 0 Å². The Hall–Kier alpha value is -1.82. The highest BCUT2D eigenvalue weighted by molar-refractivity contribution is 5.97. The molecule has 1 aliphatic carbocycles. The number of hydrogen-bond acceptors (Lipinski definition) is 0. The van der Waals surface area contributed by atoms with Crippen molar-refractivity contribution in [1.82, 2.24) is 0 Å². The molecule has 0 radical (unpaired) electrons. The van der Waals surface area contributed by atoms with Crippen LogP contribution in [-0.2, 0) is 6.42 Å². The van der Waals surface area contributed by atoms with Crippen LogP contribution in [0.5, 0.6) is 0 Å². The Morgan fingerprint density at radius 1 is 0.789 bits per heavy atom. The minimum absolute atomic E-state index is 1.07. The fourth-order valence-corrected chi connectivity index (χ4v) is 3.09. The summed E-state index contributed by atoms with van der Waals surface area (Å²) in [6.45, 7) is 8.86. The number of aryl methyl sites for hydroxylation is 2. The van der Waals surface area contributed by atoms with Crippen LogP contribution in [0.4, 0.5) is 0 Å². The van der Waals surface area contributed by atoms with E-state index < -0.39 is 0 Å². The first kappa shape index (κ1) is 12.2. The zero-order valence-corrected chi connectivity index (χ0v) is 12.2. The van der Waals surface area contributed by atoms with Crippen LogP contribution in [0.3, 0.4) is 0 Å². The van der Waals surface area contributed by atoms with Crippen molar-refractivity contribution < 1.29 is 0 Å². The molecular formula is C19H20. The van der Waals surface area contributed by atoms with Crippen molar-refractivity contribution in [3.8, 4) is 0 Å². The number of benzene rings is 2. The average Bonchev–Trinajstić information content (AvgIpc) is 2.73. The van der Waals surface area contributed by atoms with Crippen LogP contribution >= 0.6 is 0 Å². The highest BCUT2D eigenvalue weighted by atomic mass is 14.3. The quantitative estimate of drug-likeness (QED) is 0.658. The molecule has 19 heavy (non-hydrogen) atoms. The number of allylic oxidation sites excluding steroid dienone is 2. The first-order chi connectivity index (χ1) is 9.08. The van der Waals surface area contributed by atoms with Gasteiger partial charge < -0.3 is 0 Å². The predicted octanol–water partition coefficient (Wildman–Crippen LogP) is 5.10. The van der Waals surface area contributed by atoms with Crippen LogP contribution < -0.4 is 0 Å². The molecule has 96 valence electrons. The molecule has 2 aromatic carbocycles. The third-order valence-corrected chi connectivity index (χ3v) is 4.42. The lowest BCUT2D eigenvalue weighted by Gasteiger charge is -2.09. The summed E-state index contributed by atoms with van der Waals surface area (Å²) in [6, 6.07) is 13.5. The Labute approximate surface area is 115 Å². The van der Waals surface area contributed by atoms with Crippen molar-refractivity contribution in [3.63, 3.8) is 0 Å². The standard InChI is InChI=1S/C19H20/c1-12-5-8-16(9-6-12)18-11-17-10-7-13(2)14(3)19(17)15(18)4/h5-10H,11H2,1-4H3. The number of rotatable bonds is 1. The van der Waals surface area contributed by atoms with Gasteiger partial charge in [-0.1, -0.05) is 42.0 Å². The van der Waals surface area contributed by atoms with Crippen molar-refractivity contribution in [2.75, 3.05) is 0 Å². The molecule has 0 saturated carbocycles. The van der Waals surface area contributed by atoms with Gasteiger partial charge in [-0.3, -0.25) is 0 Å². The summed E-state index contributed by atoms with van der Waals surface area (Å²) in [6.07, 6.45) is 1.07. The molecule has 0 bridgehead atoms. The monoisotopic (exact) mass is 248 g/mol. The largest absolute Gasteiger partial charge is 0.0587 e. The van der Waals surface area contributed by atoms with Gasteiger partial charge in [0.2, 0.25) is 0 Å². The number of hydrogen-bond donors (Lipinski definition) is 0. The van der Waals surface area contributed by atoms with Gasteiger partial charge in [0.25, 0.3) is 0 Å². The van der Waals surface area contributed by atoms with Crippen molar-refractivity contribution >= 4 is 11.1 Å². The van der Waals surface area contributed by atoms with Crippen LogP contribution in [-0.4, -0.2) is 0 Å². The molecule has 0 saturated heterocycles. The van der Waals surface area contributed by atoms with E-state index in [9.17, 15) is 0 Å². The molecular weight excluding hydrogens is 228 g/mol. The van der Waals surface area contributed by atoms with E-state index in [-0.39, 0.29) is 0 Å². The molecule has 0 heterocycles. The molecule has 3 rings (SSSR count). The lowest BCUT2D eigenvalue weighted by molar-refractivity contribution is 1.24. The maximum Gasteiger partial charge on any atom is -0.00108 e. The normalized spacial score (nSPS) is 13.9. The first-order valence-corrected chi connectivity index (χ1v) is 6.94. The number of fused-ring (bicyclic) bond motifs is 1. The summed E-state index contributed by atoms with van der Waals surface area (Å²) in [5.74, 6) is 0. The van der Waals surface area contributed by atoms with Gasteiger partial charge in [-0.15, -0.1) is 0 Å². The van der Waals surface area contributed by atoms with Crippen LogP contribution in [0.1, 0.15) is 40.3 Å². The van der Waals surface area contributed by atoms with Gasteiger partial charge in [-0.05, 0) is 73.1 Å². The second kappa shape index (κ2) is 4.38. The van der Waals surface area contributed by atoms with Gasteiger partial charge in [-0.25, -0.2) is 0 Å². The molecule has 2 aromatic rings. The maximum absolute atomic E-state index is 2.29. The summed E-state index contributed by atoms with van der Waals surface area (Å²) >= 11 is 0. The van der Waals surface area contributed by atoms with E-state index in [2.05, 4.69) is 64.1 Å². The zero-order valence-electron chi connectivity index (χ0n) is 12.2. The lowest BCUT2D eigenvalue weighted by atomic mass is 9.96. The third-order valence-electron chi connectivity index (χ3n) is 4.42. The SMILES string of the molecule is CC1=C(c2ccc(C)cc2)Cc2ccc(C)c(C)c21. The molecule has 0 spiro atoms. The van der Waals surface area contributed by atoms with Crippen LogP contribution in [0.15, 0.2) is 36.4 Å². The van der Waals surface area contributed by atoms with Gasteiger partial charge in [0.1, 0.15) is 0 Å². The summed E-state index contributed by atoms with van der Waals surface area (Å²) in [5.41, 5.74) is 11.4. The molecule has 1 aliphatic rings. The van der Waals surface area contributed by atoms with Gasteiger partial charge in [0, 0.05) is 0 Å². The van der Waals surface area contributed by atoms with E-state index in [0.717, 1.165) is 6.42 Å². The third kappa shape index (κ3) is 1.92. The van der Waals surface area contributed by atoms with Crippen molar-refractivity contribution in [1.29, 1.82) is 0 Å². The second-order valence-electron chi connectivity index (χ2n) is 5.69. The van der Waals surface area contributed by atoms with Gasteiger partial charge in [-0.2, -0.15) is 0 Å². The highest BCUT2D eigenvalue weighted by Gasteiger charge is 2.21. The summed E-state index contributed by atoms with van der Waals surface area (Å²) in [4.78, 5) is 0. The Morgan fingerprint density at radius 3 is 2.16 bits per heavy atom. The summed E-state index contributed by atoms with van der Waals surface area (Å²) in [7, 11) is 0. The van der Waals surface area contributed by atoms with E-state index in [0.29, 0.717) is 0 Å². The lowest BCUT2D eigenvalue weighted by Crippen LogP contribution is -1.91. The van der Waals surface area contributed by atoms with Crippen molar-refractivity contribution in [2.45, 2.75) is 34.1 Å². The fraction of sp³-hybridized carbons (Fsp3) is 0.263. The Balaban J connectivity index is 2.14. The van der Waals surface area contributed by atoms with E-state index in [1.165, 1.54) is 44.5 Å². The van der Waals surface area contributed by atoms with E-state index in [1.54, 1.807) is 0 Å². The predicted molar refractivity (Wildman–Crippen MR) is 83.3 cm³/mol. The highest BCUT2D eigenvalue weighted by Crippen LogP contribution is 2.40. The van der Waals surface area contributed by atoms with Crippen molar-refractivity contribution in [3.05, 3.63) is 69.8 Å². The Bertz CT molecular complexity index is 670. The molecule has 0 heteroatoms. The van der Waals surface area contributed by atoms with Crippen LogP contribution in [0.2, 0.25) is 0 Å². The maximum atomic E-state index is 2.29. The average molecular weight is 248 g/mol. The minimum atomic E-state index is 1.07. The Kier molecular flexibility index (Phi) is 2.82. The molecule has 0 fully saturated rings. The molecule has 0 N–H and O–H groups in total. The van der Waals surface area contributed by atoms with Gasteiger partial charge >= 0.3 is 0 Å². The van der Waals surface area contributed by atoms with E-state index in [4.69, 9.17) is 0 Å². The molecule has 0 aliphatic heterocycles.